The quantitative estimate of drug-likeness (QED) is 0.420. The largest absolute Gasteiger partial charge is 0.486 e. The second-order valence-electron chi connectivity index (χ2n) is 8.46. The van der Waals surface area contributed by atoms with E-state index in [0.29, 0.717) is 43.6 Å². The van der Waals surface area contributed by atoms with Gasteiger partial charge < -0.3 is 30.3 Å². The van der Waals surface area contributed by atoms with E-state index in [1.54, 1.807) is 12.1 Å². The molecule has 0 aliphatic carbocycles. The molecule has 2 heterocycles. The molecule has 0 aromatic heterocycles. The van der Waals surface area contributed by atoms with Crippen LogP contribution in [0.4, 0.5) is 21.5 Å². The third kappa shape index (κ3) is 6.18. The van der Waals surface area contributed by atoms with E-state index >= 15 is 0 Å². The molecule has 1 fully saturated rings. The average Bonchev–Trinajstić information content (AvgIpc) is 3.30. The molecule has 1 saturated heterocycles. The first-order valence-corrected chi connectivity index (χ1v) is 11.5. The Balaban J connectivity index is 1.61. The van der Waals surface area contributed by atoms with Crippen LogP contribution in [0, 0.1) is 5.82 Å². The summed E-state index contributed by atoms with van der Waals surface area (Å²) in [6, 6.07) is 8.25. The minimum atomic E-state index is -0.476. The molecule has 34 heavy (non-hydrogen) atoms. The summed E-state index contributed by atoms with van der Waals surface area (Å²) in [5, 5.41) is 13.0. The van der Waals surface area contributed by atoms with E-state index < -0.39 is 5.82 Å². The van der Waals surface area contributed by atoms with Gasteiger partial charge in [-0.2, -0.15) is 0 Å². The molecule has 1 unspecified atom stereocenters. The third-order valence-electron chi connectivity index (χ3n) is 5.46. The Kier molecular flexibility index (Phi) is 7.89. The van der Waals surface area contributed by atoms with Gasteiger partial charge in [0, 0.05) is 42.0 Å². The molecule has 1 amide bonds. The van der Waals surface area contributed by atoms with Crippen LogP contribution in [0.5, 0.6) is 5.75 Å². The van der Waals surface area contributed by atoms with Crippen LogP contribution in [0.2, 0.25) is 5.02 Å². The van der Waals surface area contributed by atoms with Crippen molar-refractivity contribution in [3.8, 4) is 5.75 Å². The smallest absolute Gasteiger partial charge is 0.248 e. The van der Waals surface area contributed by atoms with E-state index in [-0.39, 0.29) is 23.2 Å². The highest BCUT2D eigenvalue weighted by atomic mass is 35.5. The number of benzene rings is 2. The van der Waals surface area contributed by atoms with Crippen molar-refractivity contribution in [2.45, 2.75) is 18.7 Å². The van der Waals surface area contributed by atoms with Crippen molar-refractivity contribution >= 4 is 34.6 Å². The number of likely N-dealkylation sites (N-methyl/N-ethyl adjacent to an activating group) is 1. The molecule has 2 aliphatic rings. The molecule has 8 nitrogen and oxygen atoms in total. The second-order valence-corrected chi connectivity index (χ2v) is 8.86. The van der Waals surface area contributed by atoms with Gasteiger partial charge in [0.25, 0.3) is 0 Å². The van der Waals surface area contributed by atoms with Gasteiger partial charge in [-0.25, -0.2) is 4.39 Å². The van der Waals surface area contributed by atoms with Crippen molar-refractivity contribution in [2.24, 2.45) is 0 Å². The summed E-state index contributed by atoms with van der Waals surface area (Å²) in [5.41, 5.74) is 2.95. The molecule has 2 aromatic carbocycles. The fourth-order valence-electron chi connectivity index (χ4n) is 3.75. The molecular weight excluding hydrogens is 461 g/mol. The lowest BCUT2D eigenvalue weighted by Gasteiger charge is -2.31. The van der Waals surface area contributed by atoms with Crippen LogP contribution in [0.25, 0.3) is 0 Å². The highest BCUT2D eigenvalue weighted by Gasteiger charge is 2.25. The van der Waals surface area contributed by atoms with Crippen molar-refractivity contribution < 1.29 is 18.7 Å². The Labute approximate surface area is 203 Å². The lowest BCUT2D eigenvalue weighted by atomic mass is 10.1. The number of amides is 1. The van der Waals surface area contributed by atoms with E-state index in [0.717, 1.165) is 17.7 Å². The Morgan fingerprint density at radius 2 is 2.21 bits per heavy atom. The predicted octanol–water partition coefficient (Wildman–Crippen LogP) is 3.79. The number of ether oxygens (including phenoxy) is 2. The Morgan fingerprint density at radius 3 is 2.94 bits per heavy atom. The van der Waals surface area contributed by atoms with Crippen LogP contribution in [0.15, 0.2) is 42.5 Å². The normalized spacial score (nSPS) is 19.7. The Morgan fingerprint density at radius 1 is 1.35 bits per heavy atom. The van der Waals surface area contributed by atoms with Gasteiger partial charge in [0.1, 0.15) is 23.8 Å². The van der Waals surface area contributed by atoms with Crippen LogP contribution < -0.4 is 26.0 Å². The number of carbonyl (C=O) groups is 1. The summed E-state index contributed by atoms with van der Waals surface area (Å²) in [5.74, 6) is -0.154. The first-order chi connectivity index (χ1) is 16.4. The minimum Gasteiger partial charge on any atom is -0.486 e. The lowest BCUT2D eigenvalue weighted by Crippen LogP contribution is -2.37. The number of hydrogen-bond acceptors (Lipinski definition) is 7. The van der Waals surface area contributed by atoms with Crippen LogP contribution in [-0.4, -0.2) is 57.4 Å². The number of nitrogens with zero attached hydrogens (tertiary/aromatic N) is 1. The van der Waals surface area contributed by atoms with Gasteiger partial charge in [0.05, 0.1) is 30.6 Å². The summed E-state index contributed by atoms with van der Waals surface area (Å²) >= 11 is 5.95. The maximum Gasteiger partial charge on any atom is 0.248 e. The van der Waals surface area contributed by atoms with Crippen LogP contribution >= 0.6 is 11.6 Å². The molecule has 0 spiro atoms. The van der Waals surface area contributed by atoms with E-state index in [2.05, 4.69) is 21.3 Å². The maximum atomic E-state index is 13.6. The van der Waals surface area contributed by atoms with Crippen molar-refractivity contribution in [3.63, 3.8) is 0 Å². The molecule has 2 aromatic rings. The fourth-order valence-corrected chi connectivity index (χ4v) is 3.93. The predicted molar refractivity (Wildman–Crippen MR) is 132 cm³/mol. The molecule has 2 atom stereocenters. The van der Waals surface area contributed by atoms with E-state index in [9.17, 15) is 9.18 Å². The maximum absolute atomic E-state index is 13.6. The molecule has 4 N–H and O–H groups in total. The van der Waals surface area contributed by atoms with E-state index in [1.165, 1.54) is 18.2 Å². The summed E-state index contributed by atoms with van der Waals surface area (Å²) < 4.78 is 25.2. The number of rotatable bonds is 8. The fraction of sp³-hybridized carbons (Fsp3) is 0.375. The molecular formula is C24H29ClFN5O3. The highest BCUT2D eigenvalue weighted by molar-refractivity contribution is 6.31. The lowest BCUT2D eigenvalue weighted by molar-refractivity contribution is -0.111. The summed E-state index contributed by atoms with van der Waals surface area (Å²) in [6.07, 6.45) is 3.72. The topological polar surface area (TPSA) is 86.9 Å². The molecule has 4 rings (SSSR count). The number of halogens is 2. The van der Waals surface area contributed by atoms with Crippen LogP contribution in [0.1, 0.15) is 18.2 Å². The number of anilines is 3. The van der Waals surface area contributed by atoms with E-state index in [1.807, 2.05) is 31.1 Å². The van der Waals surface area contributed by atoms with Crippen LogP contribution in [0.3, 0.4) is 0 Å². The number of hydrogen-bond donors (Lipinski definition) is 4. The standard InChI is InChI=1S/C24H29ClFN5O3/c1-31(2)8-3-4-23(32)30-21-11-17-20(12-22(21)34-16-7-9-33-13-16)27-14-28-24(17)29-15-5-6-19(26)18(25)10-15/h3-6,10-12,16,24,27-29H,7-9,13-14H2,1-2H3,(H,30,32)/b4-3+/t16-,24?/m1/s1. The number of fused-ring (bicyclic) bond motifs is 1. The zero-order valence-electron chi connectivity index (χ0n) is 19.2. The molecule has 2 aliphatic heterocycles. The Bertz CT molecular complexity index is 1060. The first-order valence-electron chi connectivity index (χ1n) is 11.1. The van der Waals surface area contributed by atoms with Gasteiger partial charge in [0.15, 0.2) is 0 Å². The SMILES string of the molecule is CN(C)C/C=C/C(=O)Nc1cc2c(cc1O[C@@H]1CCOC1)NCNC2Nc1ccc(F)c(Cl)c1. The molecule has 0 bridgehead atoms. The molecule has 182 valence electrons. The van der Waals surface area contributed by atoms with Gasteiger partial charge in [-0.05, 0) is 38.4 Å². The third-order valence-corrected chi connectivity index (χ3v) is 5.75. The first kappa shape index (κ1) is 24.3. The Hall–Kier alpha value is -2.85. The van der Waals surface area contributed by atoms with Gasteiger partial charge >= 0.3 is 0 Å². The van der Waals surface area contributed by atoms with Gasteiger partial charge in [-0.3, -0.25) is 10.1 Å². The van der Waals surface area contributed by atoms with Gasteiger partial charge in [-0.15, -0.1) is 0 Å². The van der Waals surface area contributed by atoms with Crippen molar-refractivity contribution in [2.75, 3.05) is 56.5 Å². The molecule has 0 saturated carbocycles. The van der Waals surface area contributed by atoms with Crippen molar-refractivity contribution in [1.82, 2.24) is 10.2 Å². The zero-order valence-corrected chi connectivity index (χ0v) is 19.9. The monoisotopic (exact) mass is 489 g/mol. The summed E-state index contributed by atoms with van der Waals surface area (Å²) in [4.78, 5) is 14.6. The van der Waals surface area contributed by atoms with Gasteiger partial charge in [0.2, 0.25) is 5.91 Å². The van der Waals surface area contributed by atoms with Crippen LogP contribution in [-0.2, 0) is 9.53 Å². The second kappa shape index (κ2) is 11.1. The zero-order chi connectivity index (χ0) is 24.1. The summed E-state index contributed by atoms with van der Waals surface area (Å²) in [7, 11) is 3.87. The van der Waals surface area contributed by atoms with Crippen molar-refractivity contribution in [3.05, 3.63) is 58.9 Å². The van der Waals surface area contributed by atoms with E-state index in [4.69, 9.17) is 21.1 Å². The number of nitrogens with one attached hydrogen (secondary N) is 4. The average molecular weight is 490 g/mol. The summed E-state index contributed by atoms with van der Waals surface area (Å²) in [6.45, 7) is 2.32. The molecule has 0 radical (unpaired) electrons. The highest BCUT2D eigenvalue weighted by Crippen LogP contribution is 2.38. The van der Waals surface area contributed by atoms with Gasteiger partial charge in [-0.1, -0.05) is 17.7 Å². The molecule has 10 heteroatoms. The van der Waals surface area contributed by atoms with Crippen molar-refractivity contribution in [1.29, 1.82) is 0 Å². The number of carbonyl (C=O) groups excluding carboxylic acids is 1. The minimum absolute atomic E-state index is 0.0409.